The molecule has 1 saturated carbocycles. The number of likely N-dealkylation sites (tertiary alicyclic amines) is 1. The van der Waals surface area contributed by atoms with Crippen LogP contribution in [0.5, 0.6) is 0 Å². The number of nitriles is 1. The zero-order valence-corrected chi connectivity index (χ0v) is 12.2. The van der Waals surface area contributed by atoms with Crippen LogP contribution in [0.1, 0.15) is 48.2 Å². The summed E-state index contributed by atoms with van der Waals surface area (Å²) >= 11 is 0. The molecule has 1 amide bonds. The molecule has 1 saturated heterocycles. The molecule has 1 unspecified atom stereocenters. The summed E-state index contributed by atoms with van der Waals surface area (Å²) in [6, 6.07) is 5.07. The smallest absolute Gasteiger partial charge is 0.308 e. The van der Waals surface area contributed by atoms with Crippen LogP contribution in [0.15, 0.2) is 18.3 Å². The topological polar surface area (TPSA) is 94.3 Å². The monoisotopic (exact) mass is 299 g/mol. The van der Waals surface area contributed by atoms with Gasteiger partial charge in [-0.05, 0) is 31.4 Å². The van der Waals surface area contributed by atoms with Gasteiger partial charge in [0, 0.05) is 18.3 Å². The van der Waals surface area contributed by atoms with Crippen LogP contribution >= 0.6 is 0 Å². The third-order valence-electron chi connectivity index (χ3n) is 4.84. The van der Waals surface area contributed by atoms with Gasteiger partial charge in [0.15, 0.2) is 0 Å². The molecule has 0 radical (unpaired) electrons. The van der Waals surface area contributed by atoms with Crippen LogP contribution in [-0.2, 0) is 4.79 Å². The molecule has 1 spiro atoms. The van der Waals surface area contributed by atoms with Gasteiger partial charge < -0.3 is 10.0 Å². The number of carboxylic acid groups (broad SMARTS) is 1. The number of pyridine rings is 1. The molecule has 2 heterocycles. The molecule has 0 bridgehead atoms. The van der Waals surface area contributed by atoms with Crippen molar-refractivity contribution in [2.24, 2.45) is 5.92 Å². The Kier molecular flexibility index (Phi) is 3.57. The molecule has 3 rings (SSSR count). The fourth-order valence-corrected chi connectivity index (χ4v) is 3.74. The van der Waals surface area contributed by atoms with E-state index in [0.29, 0.717) is 12.0 Å². The van der Waals surface area contributed by atoms with Crippen LogP contribution in [0, 0.1) is 17.2 Å². The average molecular weight is 299 g/mol. The molecule has 6 heteroatoms. The number of amides is 1. The Morgan fingerprint density at radius 1 is 1.36 bits per heavy atom. The second-order valence-electron chi connectivity index (χ2n) is 6.13. The Morgan fingerprint density at radius 2 is 2.09 bits per heavy atom. The fourth-order valence-electron chi connectivity index (χ4n) is 3.74. The second kappa shape index (κ2) is 5.41. The molecule has 1 N–H and O–H groups in total. The molecule has 6 nitrogen and oxygen atoms in total. The summed E-state index contributed by atoms with van der Waals surface area (Å²) in [5, 5.41) is 18.1. The van der Waals surface area contributed by atoms with E-state index in [1.165, 1.54) is 12.3 Å². The van der Waals surface area contributed by atoms with E-state index in [1.54, 1.807) is 11.0 Å². The highest BCUT2D eigenvalue weighted by Gasteiger charge is 2.51. The number of carbonyl (C=O) groups is 2. The molecule has 1 aromatic rings. The van der Waals surface area contributed by atoms with Gasteiger partial charge in [0.2, 0.25) is 0 Å². The summed E-state index contributed by atoms with van der Waals surface area (Å²) < 4.78 is 0. The molecule has 1 atom stereocenters. The van der Waals surface area contributed by atoms with E-state index in [2.05, 4.69) is 4.98 Å². The molecule has 1 aliphatic heterocycles. The molecule has 0 aromatic carbocycles. The van der Waals surface area contributed by atoms with Crippen LogP contribution in [0.25, 0.3) is 0 Å². The first kappa shape index (κ1) is 14.5. The van der Waals surface area contributed by atoms with Crippen molar-refractivity contribution in [1.82, 2.24) is 9.88 Å². The SMILES string of the molecule is N#Cc1ccc(C(=O)N2CC(C(=O)O)CC23CCCC3)nc1. The number of hydrogen-bond acceptors (Lipinski definition) is 4. The van der Waals surface area contributed by atoms with Gasteiger partial charge in [0.05, 0.1) is 11.5 Å². The summed E-state index contributed by atoms with van der Waals surface area (Å²) in [7, 11) is 0. The Morgan fingerprint density at radius 3 is 2.64 bits per heavy atom. The number of carboxylic acids is 1. The van der Waals surface area contributed by atoms with Crippen molar-refractivity contribution in [3.05, 3.63) is 29.6 Å². The Balaban J connectivity index is 1.88. The molecular weight excluding hydrogens is 282 g/mol. The fraction of sp³-hybridized carbons (Fsp3) is 0.500. The van der Waals surface area contributed by atoms with Crippen molar-refractivity contribution >= 4 is 11.9 Å². The van der Waals surface area contributed by atoms with Crippen LogP contribution in [-0.4, -0.2) is 39.0 Å². The first-order chi connectivity index (χ1) is 10.6. The molecule has 1 aliphatic carbocycles. The molecule has 2 fully saturated rings. The van der Waals surface area contributed by atoms with E-state index in [1.807, 2.05) is 6.07 Å². The molecule has 2 aliphatic rings. The maximum Gasteiger partial charge on any atom is 0.308 e. The average Bonchev–Trinajstić information content (AvgIpc) is 3.15. The van der Waals surface area contributed by atoms with Gasteiger partial charge in [-0.25, -0.2) is 4.98 Å². The number of nitrogens with zero attached hydrogens (tertiary/aromatic N) is 3. The summed E-state index contributed by atoms with van der Waals surface area (Å²) in [6.45, 7) is 0.246. The number of aromatic nitrogens is 1. The summed E-state index contributed by atoms with van der Waals surface area (Å²) in [4.78, 5) is 29.9. The highest BCUT2D eigenvalue weighted by atomic mass is 16.4. The van der Waals surface area contributed by atoms with E-state index in [0.717, 1.165) is 25.7 Å². The Bertz CT molecular complexity index is 642. The highest BCUT2D eigenvalue weighted by molar-refractivity contribution is 5.93. The quantitative estimate of drug-likeness (QED) is 0.898. The third kappa shape index (κ3) is 2.33. The molecular formula is C16H17N3O3. The van der Waals surface area contributed by atoms with E-state index < -0.39 is 11.9 Å². The largest absolute Gasteiger partial charge is 0.481 e. The van der Waals surface area contributed by atoms with Crippen molar-refractivity contribution in [3.8, 4) is 6.07 Å². The van der Waals surface area contributed by atoms with Crippen molar-refractivity contribution in [3.63, 3.8) is 0 Å². The Labute approximate surface area is 128 Å². The first-order valence-corrected chi connectivity index (χ1v) is 7.47. The number of carbonyl (C=O) groups excluding carboxylic acids is 1. The Hall–Kier alpha value is -2.42. The molecule has 1 aromatic heterocycles. The maximum absolute atomic E-state index is 12.8. The van der Waals surface area contributed by atoms with Crippen LogP contribution in [0.4, 0.5) is 0 Å². The minimum absolute atomic E-state index is 0.227. The van der Waals surface area contributed by atoms with Gasteiger partial charge in [-0.15, -0.1) is 0 Å². The van der Waals surface area contributed by atoms with E-state index in [-0.39, 0.29) is 23.7 Å². The van der Waals surface area contributed by atoms with Crippen molar-refractivity contribution < 1.29 is 14.7 Å². The third-order valence-corrected chi connectivity index (χ3v) is 4.84. The van der Waals surface area contributed by atoms with Gasteiger partial charge in [0.1, 0.15) is 11.8 Å². The lowest BCUT2D eigenvalue weighted by atomic mass is 9.90. The number of hydrogen-bond donors (Lipinski definition) is 1. The minimum Gasteiger partial charge on any atom is -0.481 e. The summed E-state index contributed by atoms with van der Waals surface area (Å²) in [5.74, 6) is -1.56. The number of aliphatic carboxylic acids is 1. The van der Waals surface area contributed by atoms with Crippen molar-refractivity contribution in [2.45, 2.75) is 37.6 Å². The van der Waals surface area contributed by atoms with Gasteiger partial charge >= 0.3 is 5.97 Å². The van der Waals surface area contributed by atoms with Gasteiger partial charge in [0.25, 0.3) is 5.91 Å². The maximum atomic E-state index is 12.8. The van der Waals surface area contributed by atoms with E-state index >= 15 is 0 Å². The predicted octanol–water partition coefficient (Wildman–Crippen LogP) is 1.81. The van der Waals surface area contributed by atoms with Crippen LogP contribution < -0.4 is 0 Å². The van der Waals surface area contributed by atoms with Gasteiger partial charge in [-0.1, -0.05) is 12.8 Å². The lowest BCUT2D eigenvalue weighted by molar-refractivity contribution is -0.141. The zero-order chi connectivity index (χ0) is 15.7. The summed E-state index contributed by atoms with van der Waals surface area (Å²) in [6.07, 6.45) is 5.68. The predicted molar refractivity (Wildman–Crippen MR) is 76.9 cm³/mol. The summed E-state index contributed by atoms with van der Waals surface area (Å²) in [5.41, 5.74) is 0.351. The second-order valence-corrected chi connectivity index (χ2v) is 6.13. The number of rotatable bonds is 2. The van der Waals surface area contributed by atoms with Gasteiger partial charge in [-0.3, -0.25) is 9.59 Å². The van der Waals surface area contributed by atoms with Crippen LogP contribution in [0.2, 0.25) is 0 Å². The normalized spacial score (nSPS) is 22.7. The highest BCUT2D eigenvalue weighted by Crippen LogP contribution is 2.45. The van der Waals surface area contributed by atoms with Crippen LogP contribution in [0.3, 0.4) is 0 Å². The lowest BCUT2D eigenvalue weighted by Gasteiger charge is -2.34. The minimum atomic E-state index is -0.839. The van der Waals surface area contributed by atoms with E-state index in [4.69, 9.17) is 5.26 Å². The zero-order valence-electron chi connectivity index (χ0n) is 12.2. The van der Waals surface area contributed by atoms with Crippen molar-refractivity contribution in [2.75, 3.05) is 6.54 Å². The van der Waals surface area contributed by atoms with Gasteiger partial charge in [-0.2, -0.15) is 5.26 Å². The standard InChI is InChI=1S/C16H17N3O3/c17-8-11-3-4-13(18-9-11)14(20)19-10-12(15(21)22)7-16(19)5-1-2-6-16/h3-4,9,12H,1-2,5-7,10H2,(H,21,22). The van der Waals surface area contributed by atoms with Crippen molar-refractivity contribution in [1.29, 1.82) is 5.26 Å². The van der Waals surface area contributed by atoms with E-state index in [9.17, 15) is 14.7 Å². The lowest BCUT2D eigenvalue weighted by Crippen LogP contribution is -2.45. The first-order valence-electron chi connectivity index (χ1n) is 7.47. The molecule has 114 valence electrons. The molecule has 22 heavy (non-hydrogen) atoms.